The molecule has 2 heterocycles. The summed E-state index contributed by atoms with van der Waals surface area (Å²) >= 11 is 12.0. The molecule has 180 valence electrons. The number of para-hydroxylation sites is 1. The molecule has 2 aromatic carbocycles. The van der Waals surface area contributed by atoms with Gasteiger partial charge in [-0.05, 0) is 30.3 Å². The monoisotopic (exact) mass is 503 g/mol. The van der Waals surface area contributed by atoms with E-state index >= 15 is 0 Å². The number of anilines is 2. The Kier molecular flexibility index (Phi) is 7.92. The average Bonchev–Trinajstić information content (AvgIpc) is 2.80. The Hall–Kier alpha value is -2.81. The first-order chi connectivity index (χ1) is 16.4. The van der Waals surface area contributed by atoms with E-state index in [9.17, 15) is 14.4 Å². The third kappa shape index (κ3) is 6.20. The van der Waals surface area contributed by atoms with Crippen molar-refractivity contribution in [3.05, 3.63) is 58.6 Å². The number of hydrogen-bond donors (Lipinski definition) is 2. The predicted octanol–water partition coefficient (Wildman–Crippen LogP) is 2.47. The number of halogens is 2. The van der Waals surface area contributed by atoms with E-state index in [-0.39, 0.29) is 24.8 Å². The summed E-state index contributed by atoms with van der Waals surface area (Å²) in [5.74, 6) is -0.867. The molecule has 0 radical (unpaired) electrons. The summed E-state index contributed by atoms with van der Waals surface area (Å²) in [4.78, 5) is 44.2. The van der Waals surface area contributed by atoms with Crippen molar-refractivity contribution in [2.24, 2.45) is 0 Å². The van der Waals surface area contributed by atoms with Gasteiger partial charge in [0.25, 0.3) is 0 Å². The van der Waals surface area contributed by atoms with Crippen LogP contribution < -0.4 is 15.5 Å². The van der Waals surface area contributed by atoms with Crippen LogP contribution in [0.4, 0.5) is 11.4 Å². The second kappa shape index (κ2) is 11.1. The minimum Gasteiger partial charge on any atom is -0.369 e. The highest BCUT2D eigenvalue weighted by Crippen LogP contribution is 2.23. The number of rotatable bonds is 6. The van der Waals surface area contributed by atoms with Crippen molar-refractivity contribution in [3.8, 4) is 0 Å². The van der Waals surface area contributed by atoms with E-state index in [2.05, 4.69) is 32.6 Å². The van der Waals surface area contributed by atoms with E-state index in [0.717, 1.165) is 26.2 Å². The summed E-state index contributed by atoms with van der Waals surface area (Å²) in [7, 11) is 0. The van der Waals surface area contributed by atoms with Crippen molar-refractivity contribution < 1.29 is 14.4 Å². The Morgan fingerprint density at radius 2 is 1.65 bits per heavy atom. The third-order valence-corrected chi connectivity index (χ3v) is 6.47. The number of benzene rings is 2. The van der Waals surface area contributed by atoms with Gasteiger partial charge in [-0.2, -0.15) is 0 Å². The highest BCUT2D eigenvalue weighted by molar-refractivity contribution is 6.35. The lowest BCUT2D eigenvalue weighted by molar-refractivity contribution is -0.145. The van der Waals surface area contributed by atoms with Crippen LogP contribution in [0.25, 0.3) is 0 Å². The fraction of sp³-hybridized carbons (Fsp3) is 0.375. The third-order valence-electron chi connectivity index (χ3n) is 6.03. The van der Waals surface area contributed by atoms with Crippen LogP contribution in [-0.2, 0) is 14.4 Å². The first kappa shape index (κ1) is 24.3. The molecular weight excluding hydrogens is 477 g/mol. The fourth-order valence-electron chi connectivity index (χ4n) is 4.31. The zero-order valence-electron chi connectivity index (χ0n) is 18.7. The number of amides is 3. The molecular formula is C24H27Cl2N5O3. The molecule has 2 saturated heterocycles. The van der Waals surface area contributed by atoms with Gasteiger partial charge < -0.3 is 20.4 Å². The minimum atomic E-state index is -0.860. The molecule has 2 aromatic rings. The number of nitrogens with one attached hydrogen (secondary N) is 2. The van der Waals surface area contributed by atoms with Gasteiger partial charge in [-0.1, -0.05) is 41.4 Å². The van der Waals surface area contributed by atoms with Crippen LogP contribution in [0.2, 0.25) is 10.0 Å². The quantitative estimate of drug-likeness (QED) is 0.632. The van der Waals surface area contributed by atoms with Crippen molar-refractivity contribution in [1.29, 1.82) is 0 Å². The molecule has 1 atom stereocenters. The van der Waals surface area contributed by atoms with Gasteiger partial charge in [-0.3, -0.25) is 19.3 Å². The van der Waals surface area contributed by atoms with E-state index < -0.39 is 11.9 Å². The Morgan fingerprint density at radius 3 is 2.32 bits per heavy atom. The second-order valence-electron chi connectivity index (χ2n) is 8.40. The SMILES string of the molecule is O=C(C[C@H]1C(=O)NCCN1C(=O)CN1CCN(c2ccccc2)CC1)Nc1cc(Cl)cc(Cl)c1. The molecule has 34 heavy (non-hydrogen) atoms. The van der Waals surface area contributed by atoms with E-state index in [1.165, 1.54) is 10.6 Å². The summed E-state index contributed by atoms with van der Waals surface area (Å²) in [5.41, 5.74) is 1.61. The van der Waals surface area contributed by atoms with Gasteiger partial charge in [0, 0.05) is 60.7 Å². The van der Waals surface area contributed by atoms with Crippen molar-refractivity contribution in [2.45, 2.75) is 12.5 Å². The first-order valence-electron chi connectivity index (χ1n) is 11.2. The molecule has 2 N–H and O–H groups in total. The molecule has 0 aliphatic carbocycles. The molecule has 8 nitrogen and oxygen atoms in total. The zero-order chi connectivity index (χ0) is 24.1. The topological polar surface area (TPSA) is 85.0 Å². The summed E-state index contributed by atoms with van der Waals surface area (Å²) in [6, 6.07) is 14.0. The molecule has 2 aliphatic heterocycles. The van der Waals surface area contributed by atoms with Gasteiger partial charge in [0.1, 0.15) is 6.04 Å². The number of nitrogens with zero attached hydrogens (tertiary/aromatic N) is 3. The fourth-order valence-corrected chi connectivity index (χ4v) is 4.84. The maximum Gasteiger partial charge on any atom is 0.243 e. The average molecular weight is 504 g/mol. The second-order valence-corrected chi connectivity index (χ2v) is 9.28. The Bertz CT molecular complexity index is 1020. The van der Waals surface area contributed by atoms with Crippen LogP contribution in [-0.4, -0.2) is 79.4 Å². The van der Waals surface area contributed by atoms with Crippen LogP contribution in [0.5, 0.6) is 0 Å². The van der Waals surface area contributed by atoms with Crippen LogP contribution >= 0.6 is 23.2 Å². The maximum atomic E-state index is 13.1. The van der Waals surface area contributed by atoms with Crippen molar-refractivity contribution in [1.82, 2.24) is 15.1 Å². The van der Waals surface area contributed by atoms with E-state index in [1.54, 1.807) is 18.2 Å². The standard InChI is InChI=1S/C24H27Cl2N5O3/c25-17-12-18(26)14-19(13-17)28-22(32)15-21-24(34)27-6-7-31(21)23(33)16-29-8-10-30(11-9-29)20-4-2-1-3-5-20/h1-5,12-14,21H,6-11,15-16H2,(H,27,34)(H,28,32)/t21-/m0/s1. The van der Waals surface area contributed by atoms with E-state index in [4.69, 9.17) is 23.2 Å². The number of piperazine rings is 2. The molecule has 2 aliphatic rings. The molecule has 0 spiro atoms. The normalized spacial score (nSPS) is 19.0. The lowest BCUT2D eigenvalue weighted by Gasteiger charge is -2.39. The van der Waals surface area contributed by atoms with Crippen LogP contribution in [0, 0.1) is 0 Å². The summed E-state index contributed by atoms with van der Waals surface area (Å²) in [6.07, 6.45) is -0.149. The van der Waals surface area contributed by atoms with Crippen molar-refractivity contribution in [2.75, 3.05) is 56.0 Å². The number of hydrogen-bond acceptors (Lipinski definition) is 5. The largest absolute Gasteiger partial charge is 0.369 e. The van der Waals surface area contributed by atoms with E-state index in [0.29, 0.717) is 28.8 Å². The van der Waals surface area contributed by atoms with Crippen LogP contribution in [0.1, 0.15) is 6.42 Å². The van der Waals surface area contributed by atoms with Gasteiger partial charge in [0.05, 0.1) is 13.0 Å². The first-order valence-corrected chi connectivity index (χ1v) is 12.0. The molecule has 3 amide bonds. The van der Waals surface area contributed by atoms with E-state index in [1.807, 2.05) is 18.2 Å². The predicted molar refractivity (Wildman–Crippen MR) is 133 cm³/mol. The summed E-state index contributed by atoms with van der Waals surface area (Å²) in [5, 5.41) is 6.25. The zero-order valence-corrected chi connectivity index (χ0v) is 20.2. The minimum absolute atomic E-state index is 0.147. The van der Waals surface area contributed by atoms with Gasteiger partial charge in [-0.15, -0.1) is 0 Å². The smallest absolute Gasteiger partial charge is 0.243 e. The van der Waals surface area contributed by atoms with Crippen LogP contribution in [0.3, 0.4) is 0 Å². The molecule has 0 unspecified atom stereocenters. The van der Waals surface area contributed by atoms with Gasteiger partial charge in [0.2, 0.25) is 17.7 Å². The van der Waals surface area contributed by atoms with Crippen LogP contribution in [0.15, 0.2) is 48.5 Å². The maximum absolute atomic E-state index is 13.1. The summed E-state index contributed by atoms with van der Waals surface area (Å²) < 4.78 is 0. The Morgan fingerprint density at radius 1 is 0.971 bits per heavy atom. The number of carbonyl (C=O) groups is 3. The highest BCUT2D eigenvalue weighted by atomic mass is 35.5. The lowest BCUT2D eigenvalue weighted by Crippen LogP contribution is -2.60. The molecule has 4 rings (SSSR count). The van der Waals surface area contributed by atoms with Gasteiger partial charge in [-0.25, -0.2) is 0 Å². The van der Waals surface area contributed by atoms with Gasteiger partial charge >= 0.3 is 0 Å². The van der Waals surface area contributed by atoms with Crippen molar-refractivity contribution >= 4 is 52.3 Å². The highest BCUT2D eigenvalue weighted by Gasteiger charge is 2.35. The summed E-state index contributed by atoms with van der Waals surface area (Å²) in [6.45, 7) is 4.11. The Balaban J connectivity index is 1.33. The molecule has 0 bridgehead atoms. The van der Waals surface area contributed by atoms with Gasteiger partial charge in [0.15, 0.2) is 0 Å². The van der Waals surface area contributed by atoms with Crippen molar-refractivity contribution in [3.63, 3.8) is 0 Å². The molecule has 0 aromatic heterocycles. The molecule has 2 fully saturated rings. The molecule has 10 heteroatoms. The molecule has 0 saturated carbocycles. The number of carbonyl (C=O) groups excluding carboxylic acids is 3. The Labute approximate surface area is 208 Å². The lowest BCUT2D eigenvalue weighted by atomic mass is 10.1.